The molecule has 36 heavy (non-hydrogen) atoms. The summed E-state index contributed by atoms with van der Waals surface area (Å²) in [5.41, 5.74) is 0.554. The van der Waals surface area contributed by atoms with Crippen LogP contribution >= 0.6 is 11.6 Å². The molecule has 2 amide bonds. The number of fused-ring (bicyclic) bond motifs is 1. The van der Waals surface area contributed by atoms with E-state index in [0.717, 1.165) is 6.20 Å². The molecule has 0 bridgehead atoms. The molecule has 2 N–H and O–H groups in total. The van der Waals surface area contributed by atoms with E-state index in [2.05, 4.69) is 20.6 Å². The summed E-state index contributed by atoms with van der Waals surface area (Å²) in [7, 11) is -2.26. The number of nitrogens with zero attached hydrogens (tertiary/aromatic N) is 2. The number of hydrogen-bond acceptors (Lipinski definition) is 8. The Labute approximate surface area is 211 Å². The van der Waals surface area contributed by atoms with Gasteiger partial charge in [0.2, 0.25) is 20.8 Å². The Hall–Kier alpha value is -3.96. The Morgan fingerprint density at radius 3 is 2.47 bits per heavy atom. The number of carbonyl (C=O) groups is 2. The van der Waals surface area contributed by atoms with Crippen LogP contribution in [-0.4, -0.2) is 43.1 Å². The zero-order chi connectivity index (χ0) is 25.9. The van der Waals surface area contributed by atoms with Gasteiger partial charge in [0, 0.05) is 11.1 Å². The van der Waals surface area contributed by atoms with E-state index in [1.165, 1.54) is 7.11 Å². The van der Waals surface area contributed by atoms with Crippen molar-refractivity contribution in [2.45, 2.75) is 18.5 Å². The molecule has 4 aromatic rings. The SMILES string of the molecule is CCCS(=O)(=O)c1ncc(Cl)c(C(=O)Nc2c(C(=O)Nc3ccc(OC)cc3)oc3ccccc23)n1. The predicted molar refractivity (Wildman–Crippen MR) is 135 cm³/mol. The monoisotopic (exact) mass is 528 g/mol. The zero-order valence-corrected chi connectivity index (χ0v) is 20.8. The number of carbonyl (C=O) groups excluding carboxylic acids is 2. The van der Waals surface area contributed by atoms with Gasteiger partial charge >= 0.3 is 0 Å². The average Bonchev–Trinajstić information content (AvgIpc) is 3.23. The highest BCUT2D eigenvalue weighted by Crippen LogP contribution is 2.32. The van der Waals surface area contributed by atoms with Crippen molar-refractivity contribution in [1.29, 1.82) is 0 Å². The third-order valence-electron chi connectivity index (χ3n) is 5.08. The van der Waals surface area contributed by atoms with E-state index in [1.807, 2.05) is 0 Å². The first kappa shape index (κ1) is 25.1. The van der Waals surface area contributed by atoms with Crippen LogP contribution in [0.25, 0.3) is 11.0 Å². The number of hydrogen-bond donors (Lipinski definition) is 2. The summed E-state index contributed by atoms with van der Waals surface area (Å²) in [5, 5.41) is 5.11. The summed E-state index contributed by atoms with van der Waals surface area (Å²) >= 11 is 6.12. The second kappa shape index (κ2) is 10.3. The Kier molecular flexibility index (Phi) is 7.22. The first-order chi connectivity index (χ1) is 17.2. The number of anilines is 2. The summed E-state index contributed by atoms with van der Waals surface area (Å²) in [6.45, 7) is 1.70. The van der Waals surface area contributed by atoms with Gasteiger partial charge in [-0.2, -0.15) is 0 Å². The van der Waals surface area contributed by atoms with Crippen molar-refractivity contribution in [2.75, 3.05) is 23.5 Å². The first-order valence-electron chi connectivity index (χ1n) is 10.8. The van der Waals surface area contributed by atoms with E-state index in [4.69, 9.17) is 20.8 Å². The summed E-state index contributed by atoms with van der Waals surface area (Å²) in [6.07, 6.45) is 1.40. The quantitative estimate of drug-likeness (QED) is 0.317. The van der Waals surface area contributed by atoms with Crippen molar-refractivity contribution >= 4 is 55.6 Å². The number of para-hydroxylation sites is 1. The maximum atomic E-state index is 13.1. The molecule has 0 saturated carbocycles. The minimum absolute atomic E-state index is 0.0780. The summed E-state index contributed by atoms with van der Waals surface area (Å²) in [4.78, 5) is 33.9. The third kappa shape index (κ3) is 5.16. The molecule has 2 aromatic carbocycles. The smallest absolute Gasteiger partial charge is 0.293 e. The van der Waals surface area contributed by atoms with Crippen molar-refractivity contribution in [3.8, 4) is 5.75 Å². The lowest BCUT2D eigenvalue weighted by Gasteiger charge is -2.09. The van der Waals surface area contributed by atoms with Crippen LogP contribution in [0.5, 0.6) is 5.75 Å². The van der Waals surface area contributed by atoms with E-state index in [-0.39, 0.29) is 27.9 Å². The number of methoxy groups -OCH3 is 1. The normalized spacial score (nSPS) is 11.3. The molecule has 0 saturated heterocycles. The number of nitrogens with one attached hydrogen (secondary N) is 2. The van der Waals surface area contributed by atoms with Gasteiger partial charge in [0.05, 0.1) is 24.1 Å². The second-order valence-corrected chi connectivity index (χ2v) is 10.0. The van der Waals surface area contributed by atoms with Gasteiger partial charge in [0.1, 0.15) is 17.0 Å². The van der Waals surface area contributed by atoms with Crippen molar-refractivity contribution < 1.29 is 27.2 Å². The van der Waals surface area contributed by atoms with Gasteiger partial charge in [-0.25, -0.2) is 18.4 Å². The molecule has 4 rings (SSSR count). The van der Waals surface area contributed by atoms with Crippen molar-refractivity contribution in [3.63, 3.8) is 0 Å². The average molecular weight is 529 g/mol. The van der Waals surface area contributed by atoms with E-state index in [0.29, 0.717) is 28.8 Å². The second-order valence-electron chi connectivity index (χ2n) is 7.61. The molecule has 0 aliphatic rings. The Bertz CT molecular complexity index is 1550. The highest BCUT2D eigenvalue weighted by molar-refractivity contribution is 7.91. The maximum absolute atomic E-state index is 13.1. The van der Waals surface area contributed by atoms with Crippen molar-refractivity contribution in [1.82, 2.24) is 9.97 Å². The van der Waals surface area contributed by atoms with Crippen LogP contribution in [0.15, 0.2) is 64.3 Å². The largest absolute Gasteiger partial charge is 0.497 e. The number of amides is 2. The predicted octanol–water partition coefficient (Wildman–Crippen LogP) is 4.57. The fourth-order valence-corrected chi connectivity index (χ4v) is 4.73. The highest BCUT2D eigenvalue weighted by Gasteiger charge is 2.26. The molecular weight excluding hydrogens is 508 g/mol. The molecule has 0 atom stereocenters. The van der Waals surface area contributed by atoms with Crippen LogP contribution in [0.1, 0.15) is 34.4 Å². The number of rotatable bonds is 8. The number of aromatic nitrogens is 2. The minimum Gasteiger partial charge on any atom is -0.497 e. The molecule has 0 aliphatic carbocycles. The van der Waals surface area contributed by atoms with E-state index < -0.39 is 26.8 Å². The van der Waals surface area contributed by atoms with Crippen LogP contribution in [-0.2, 0) is 9.84 Å². The van der Waals surface area contributed by atoms with Gasteiger partial charge < -0.3 is 19.8 Å². The topological polar surface area (TPSA) is 140 Å². The molecule has 0 unspecified atom stereocenters. The number of furan rings is 1. The van der Waals surface area contributed by atoms with Gasteiger partial charge in [-0.1, -0.05) is 30.7 Å². The number of sulfone groups is 1. The maximum Gasteiger partial charge on any atom is 0.293 e. The highest BCUT2D eigenvalue weighted by atomic mass is 35.5. The first-order valence-corrected chi connectivity index (χ1v) is 12.8. The van der Waals surface area contributed by atoms with E-state index in [1.54, 1.807) is 55.5 Å². The summed E-state index contributed by atoms with van der Waals surface area (Å²) in [6, 6.07) is 13.4. The Balaban J connectivity index is 1.69. The van der Waals surface area contributed by atoms with Crippen LogP contribution in [0, 0.1) is 0 Å². The standard InChI is InChI=1S/C24H21ClN4O6S/c1-3-12-36(32,33)24-26-13-17(25)20(29-24)22(30)28-19-16-6-4-5-7-18(16)35-21(19)23(31)27-14-8-10-15(34-2)11-9-14/h4-11,13H,3,12H2,1-2H3,(H,27,31)(H,28,30). The van der Waals surface area contributed by atoms with Gasteiger partial charge in [-0.3, -0.25) is 9.59 Å². The number of ether oxygens (including phenoxy) is 1. The molecule has 186 valence electrons. The Morgan fingerprint density at radius 2 is 1.78 bits per heavy atom. The minimum atomic E-state index is -3.79. The van der Waals surface area contributed by atoms with E-state index >= 15 is 0 Å². The molecule has 12 heteroatoms. The summed E-state index contributed by atoms with van der Waals surface area (Å²) < 4.78 is 35.6. The molecular formula is C24H21ClN4O6S. The van der Waals surface area contributed by atoms with E-state index in [9.17, 15) is 18.0 Å². The molecule has 0 spiro atoms. The van der Waals surface area contributed by atoms with Crippen LogP contribution in [0.4, 0.5) is 11.4 Å². The lowest BCUT2D eigenvalue weighted by atomic mass is 10.2. The van der Waals surface area contributed by atoms with Gasteiger partial charge in [0.15, 0.2) is 5.69 Å². The van der Waals surface area contributed by atoms with Crippen LogP contribution < -0.4 is 15.4 Å². The van der Waals surface area contributed by atoms with Crippen LogP contribution in [0.2, 0.25) is 5.02 Å². The third-order valence-corrected chi connectivity index (χ3v) is 7.05. The van der Waals surface area contributed by atoms with Crippen molar-refractivity contribution in [2.24, 2.45) is 0 Å². The van der Waals surface area contributed by atoms with Gasteiger partial charge in [-0.15, -0.1) is 0 Å². The molecule has 0 radical (unpaired) electrons. The van der Waals surface area contributed by atoms with Crippen LogP contribution in [0.3, 0.4) is 0 Å². The number of benzene rings is 2. The van der Waals surface area contributed by atoms with Gasteiger partial charge in [0.25, 0.3) is 11.8 Å². The Morgan fingerprint density at radius 1 is 1.06 bits per heavy atom. The fourth-order valence-electron chi connectivity index (χ4n) is 3.38. The fraction of sp³-hybridized carbons (Fsp3) is 0.167. The molecule has 0 fully saturated rings. The van der Waals surface area contributed by atoms with Gasteiger partial charge in [-0.05, 0) is 42.8 Å². The molecule has 0 aliphatic heterocycles. The zero-order valence-electron chi connectivity index (χ0n) is 19.2. The molecule has 10 nitrogen and oxygen atoms in total. The molecule has 2 aromatic heterocycles. The lowest BCUT2D eigenvalue weighted by molar-refractivity contribution is 0.0999. The lowest BCUT2D eigenvalue weighted by Crippen LogP contribution is -2.20. The number of halogens is 1. The summed E-state index contributed by atoms with van der Waals surface area (Å²) in [5.74, 6) is -1.18. The van der Waals surface area contributed by atoms with Crippen molar-refractivity contribution in [3.05, 3.63) is 71.2 Å². The molecule has 2 heterocycles.